The third-order valence-electron chi connectivity index (χ3n) is 3.08. The molecule has 1 aromatic carbocycles. The number of hydrogen-bond donors (Lipinski definition) is 1. The van der Waals surface area contributed by atoms with E-state index in [4.69, 9.17) is 17.3 Å². The van der Waals surface area contributed by atoms with Crippen LogP contribution in [0.2, 0.25) is 5.02 Å². The van der Waals surface area contributed by atoms with Gasteiger partial charge in [0, 0.05) is 18.2 Å². The van der Waals surface area contributed by atoms with Crippen molar-refractivity contribution in [3.05, 3.63) is 38.9 Å². The van der Waals surface area contributed by atoms with Gasteiger partial charge >= 0.3 is 0 Å². The molecule has 1 atom stereocenters. The first-order valence-corrected chi connectivity index (χ1v) is 6.28. The molecule has 100 valence electrons. The van der Waals surface area contributed by atoms with E-state index in [0.29, 0.717) is 5.02 Å². The smallest absolute Gasteiger partial charge is 0.270 e. The number of nitro benzene ring substituents is 1. The van der Waals surface area contributed by atoms with Crippen LogP contribution < -0.4 is 5.73 Å². The lowest BCUT2D eigenvalue weighted by molar-refractivity contribution is -0.384. The van der Waals surface area contributed by atoms with E-state index in [2.05, 4.69) is 20.8 Å². The van der Waals surface area contributed by atoms with Crippen molar-refractivity contribution in [3.63, 3.8) is 0 Å². The number of nitrogens with two attached hydrogens (primary N) is 1. The standard InChI is InChI=1S/C13H19ClN2O2/c1-13(2,3)12(15)7-5-9-4-6-10(16(17)18)8-11(9)14/h4,6,8,12H,5,7,15H2,1-3H3. The average Bonchev–Trinajstić information content (AvgIpc) is 2.25. The van der Waals surface area contributed by atoms with E-state index in [9.17, 15) is 10.1 Å². The second-order valence-corrected chi connectivity index (χ2v) is 5.95. The van der Waals surface area contributed by atoms with Gasteiger partial charge in [0.25, 0.3) is 5.69 Å². The molecule has 0 aliphatic heterocycles. The van der Waals surface area contributed by atoms with E-state index in [1.807, 2.05) is 0 Å². The summed E-state index contributed by atoms with van der Waals surface area (Å²) in [6, 6.07) is 4.64. The summed E-state index contributed by atoms with van der Waals surface area (Å²) < 4.78 is 0. The van der Waals surface area contributed by atoms with Crippen molar-refractivity contribution in [3.8, 4) is 0 Å². The molecule has 2 N–H and O–H groups in total. The maximum atomic E-state index is 10.6. The third kappa shape index (κ3) is 3.96. The number of benzene rings is 1. The third-order valence-corrected chi connectivity index (χ3v) is 3.44. The Kier molecular flexibility index (Phi) is 4.71. The maximum Gasteiger partial charge on any atom is 0.270 e. The summed E-state index contributed by atoms with van der Waals surface area (Å²) >= 11 is 6.03. The van der Waals surface area contributed by atoms with Gasteiger partial charge in [-0.05, 0) is 23.8 Å². The summed E-state index contributed by atoms with van der Waals surface area (Å²) in [5.41, 5.74) is 7.05. The normalized spacial score (nSPS) is 13.4. The molecule has 0 fully saturated rings. The molecule has 0 amide bonds. The molecule has 0 radical (unpaired) electrons. The fourth-order valence-electron chi connectivity index (χ4n) is 1.60. The zero-order valence-electron chi connectivity index (χ0n) is 10.9. The highest BCUT2D eigenvalue weighted by molar-refractivity contribution is 6.31. The van der Waals surface area contributed by atoms with E-state index in [1.54, 1.807) is 6.07 Å². The Morgan fingerprint density at radius 3 is 2.50 bits per heavy atom. The van der Waals surface area contributed by atoms with E-state index in [1.165, 1.54) is 12.1 Å². The monoisotopic (exact) mass is 270 g/mol. The molecule has 0 aromatic heterocycles. The molecule has 1 rings (SSSR count). The van der Waals surface area contributed by atoms with Crippen LogP contribution in [0.1, 0.15) is 32.8 Å². The number of rotatable bonds is 4. The van der Waals surface area contributed by atoms with Gasteiger partial charge < -0.3 is 5.73 Å². The molecule has 1 unspecified atom stereocenters. The zero-order chi connectivity index (χ0) is 13.9. The predicted molar refractivity (Wildman–Crippen MR) is 73.9 cm³/mol. The molecular formula is C13H19ClN2O2. The second-order valence-electron chi connectivity index (χ2n) is 5.54. The number of hydrogen-bond acceptors (Lipinski definition) is 3. The summed E-state index contributed by atoms with van der Waals surface area (Å²) in [6.07, 6.45) is 1.54. The van der Waals surface area contributed by atoms with E-state index >= 15 is 0 Å². The van der Waals surface area contributed by atoms with Crippen molar-refractivity contribution >= 4 is 17.3 Å². The molecule has 0 saturated carbocycles. The Morgan fingerprint density at radius 2 is 2.06 bits per heavy atom. The fraction of sp³-hybridized carbons (Fsp3) is 0.538. The first kappa shape index (κ1) is 14.9. The van der Waals surface area contributed by atoms with Crippen LogP contribution in [0.5, 0.6) is 0 Å². The van der Waals surface area contributed by atoms with E-state index in [0.717, 1.165) is 18.4 Å². The van der Waals surface area contributed by atoms with Crippen LogP contribution in [0.3, 0.4) is 0 Å². The van der Waals surface area contributed by atoms with Gasteiger partial charge in [-0.2, -0.15) is 0 Å². The zero-order valence-corrected chi connectivity index (χ0v) is 11.7. The number of aryl methyl sites for hydroxylation is 1. The summed E-state index contributed by atoms with van der Waals surface area (Å²) in [6.45, 7) is 6.28. The van der Waals surface area contributed by atoms with Crippen molar-refractivity contribution in [1.82, 2.24) is 0 Å². The highest BCUT2D eigenvalue weighted by atomic mass is 35.5. The van der Waals surface area contributed by atoms with Gasteiger partial charge in [-0.3, -0.25) is 10.1 Å². The maximum absolute atomic E-state index is 10.6. The van der Waals surface area contributed by atoms with Crippen molar-refractivity contribution in [1.29, 1.82) is 0 Å². The summed E-state index contributed by atoms with van der Waals surface area (Å²) in [5.74, 6) is 0. The van der Waals surface area contributed by atoms with E-state index < -0.39 is 4.92 Å². The molecule has 0 aliphatic carbocycles. The first-order valence-electron chi connectivity index (χ1n) is 5.90. The van der Waals surface area contributed by atoms with E-state index in [-0.39, 0.29) is 17.1 Å². The molecule has 1 aromatic rings. The van der Waals surface area contributed by atoms with Gasteiger partial charge in [0.05, 0.1) is 9.95 Å². The fourth-order valence-corrected chi connectivity index (χ4v) is 1.87. The van der Waals surface area contributed by atoms with Crippen molar-refractivity contribution in [2.45, 2.75) is 39.7 Å². The van der Waals surface area contributed by atoms with Crippen molar-refractivity contribution in [2.24, 2.45) is 11.1 Å². The average molecular weight is 271 g/mol. The number of halogens is 1. The lowest BCUT2D eigenvalue weighted by Gasteiger charge is -2.27. The molecule has 5 heteroatoms. The minimum atomic E-state index is -0.448. The second kappa shape index (κ2) is 5.67. The van der Waals surface area contributed by atoms with Gasteiger partial charge in [-0.25, -0.2) is 0 Å². The minimum absolute atomic E-state index is 0.0175. The Labute approximate surface area is 112 Å². The quantitative estimate of drug-likeness (QED) is 0.672. The van der Waals surface area contributed by atoms with Crippen LogP contribution in [0.25, 0.3) is 0 Å². The molecule has 18 heavy (non-hydrogen) atoms. The number of nitrogens with zero attached hydrogens (tertiary/aromatic N) is 1. The van der Waals surface area contributed by atoms with Crippen LogP contribution in [0.4, 0.5) is 5.69 Å². The molecule has 0 bridgehead atoms. The van der Waals surface area contributed by atoms with Crippen LogP contribution in [-0.4, -0.2) is 11.0 Å². The van der Waals surface area contributed by atoms with Crippen molar-refractivity contribution in [2.75, 3.05) is 0 Å². The van der Waals surface area contributed by atoms with Crippen LogP contribution >= 0.6 is 11.6 Å². The lowest BCUT2D eigenvalue weighted by Crippen LogP contribution is -2.35. The van der Waals surface area contributed by atoms with Gasteiger partial charge in [0.2, 0.25) is 0 Å². The van der Waals surface area contributed by atoms with Gasteiger partial charge in [0.1, 0.15) is 0 Å². The Morgan fingerprint density at radius 1 is 1.44 bits per heavy atom. The molecule has 0 heterocycles. The Hall–Kier alpha value is -1.13. The van der Waals surface area contributed by atoms with Crippen LogP contribution in [0.15, 0.2) is 18.2 Å². The largest absolute Gasteiger partial charge is 0.327 e. The Balaban J connectivity index is 2.72. The van der Waals surface area contributed by atoms with Crippen LogP contribution in [0, 0.1) is 15.5 Å². The van der Waals surface area contributed by atoms with Gasteiger partial charge in [-0.1, -0.05) is 38.4 Å². The summed E-state index contributed by atoms with van der Waals surface area (Å²) in [7, 11) is 0. The summed E-state index contributed by atoms with van der Waals surface area (Å²) in [5, 5.41) is 11.0. The van der Waals surface area contributed by atoms with Gasteiger partial charge in [0.15, 0.2) is 0 Å². The highest BCUT2D eigenvalue weighted by Crippen LogP contribution is 2.26. The summed E-state index contributed by atoms with van der Waals surface area (Å²) in [4.78, 5) is 10.1. The van der Waals surface area contributed by atoms with Gasteiger partial charge in [-0.15, -0.1) is 0 Å². The minimum Gasteiger partial charge on any atom is -0.327 e. The van der Waals surface area contributed by atoms with Crippen molar-refractivity contribution < 1.29 is 4.92 Å². The molecule has 4 nitrogen and oxygen atoms in total. The van der Waals surface area contributed by atoms with Crippen LogP contribution in [-0.2, 0) is 6.42 Å². The topological polar surface area (TPSA) is 69.2 Å². The SMILES string of the molecule is CC(C)(C)C(N)CCc1ccc([N+](=O)[O-])cc1Cl. The molecule has 0 aliphatic rings. The molecule has 0 saturated heterocycles. The predicted octanol–water partition coefficient (Wildman–Crippen LogP) is 3.55. The molecule has 0 spiro atoms. The number of nitro groups is 1. The first-order chi connectivity index (χ1) is 8.21. The number of non-ortho nitro benzene ring substituents is 1. The molecular weight excluding hydrogens is 252 g/mol. The highest BCUT2D eigenvalue weighted by Gasteiger charge is 2.20. The Bertz CT molecular complexity index is 441. The lowest BCUT2D eigenvalue weighted by atomic mass is 9.84.